The first kappa shape index (κ1) is 23.1. The quantitative estimate of drug-likeness (QED) is 0.230. The van der Waals surface area contributed by atoms with Crippen molar-refractivity contribution in [3.05, 3.63) is 35.4 Å². The molecule has 0 fully saturated rings. The van der Waals surface area contributed by atoms with Crippen molar-refractivity contribution in [2.75, 3.05) is 46.4 Å². The summed E-state index contributed by atoms with van der Waals surface area (Å²) in [7, 11) is 0. The molecule has 0 atom stereocenters. The van der Waals surface area contributed by atoms with Crippen LogP contribution in [0.1, 0.15) is 11.1 Å². The zero-order valence-electron chi connectivity index (χ0n) is 15.4. The number of thiol groups is 2. The summed E-state index contributed by atoms with van der Waals surface area (Å²) in [5.41, 5.74) is 2.71. The molecule has 1 heterocycles. The molecule has 0 amide bonds. The van der Waals surface area contributed by atoms with Crippen molar-refractivity contribution in [1.29, 1.82) is 0 Å². The lowest BCUT2D eigenvalue weighted by molar-refractivity contribution is 0.803. The van der Waals surface area contributed by atoms with Gasteiger partial charge in [0.2, 0.25) is 5.95 Å². The average Bonchev–Trinajstić information content (AvgIpc) is 2.68. The van der Waals surface area contributed by atoms with Crippen LogP contribution in [0.4, 0.5) is 5.95 Å². The van der Waals surface area contributed by atoms with Crippen molar-refractivity contribution in [3.8, 4) is 0 Å². The molecule has 1 N–H and O–H groups in total. The van der Waals surface area contributed by atoms with Gasteiger partial charge in [0.15, 0.2) is 10.3 Å². The molecular weight excluding hydrogens is 433 g/mol. The van der Waals surface area contributed by atoms with E-state index in [1.165, 1.54) is 11.1 Å². The van der Waals surface area contributed by atoms with Crippen LogP contribution < -0.4 is 5.32 Å². The Morgan fingerprint density at radius 2 is 1.48 bits per heavy atom. The van der Waals surface area contributed by atoms with Gasteiger partial charge in [-0.2, -0.15) is 52.0 Å². The molecule has 0 unspecified atom stereocenters. The number of anilines is 1. The summed E-state index contributed by atoms with van der Waals surface area (Å²) in [6, 6.07) is 8.78. The molecule has 2 rings (SSSR count). The lowest BCUT2D eigenvalue weighted by Crippen LogP contribution is -2.10. The van der Waals surface area contributed by atoms with Gasteiger partial charge in [-0.3, -0.25) is 0 Å². The number of nitrogens with zero attached hydrogens (tertiary/aromatic N) is 3. The molecule has 0 saturated carbocycles. The number of thioether (sulfide) groups is 3. The molecule has 0 spiro atoms. The zero-order chi connectivity index (χ0) is 19.3. The highest BCUT2D eigenvalue weighted by atomic mass is 32.2. The maximum absolute atomic E-state index is 4.51. The van der Waals surface area contributed by atoms with E-state index in [1.54, 1.807) is 23.5 Å². The minimum atomic E-state index is 0.660. The van der Waals surface area contributed by atoms with Gasteiger partial charge >= 0.3 is 0 Å². The van der Waals surface area contributed by atoms with Crippen LogP contribution in [0.5, 0.6) is 0 Å². The van der Waals surface area contributed by atoms with Crippen LogP contribution in [0.25, 0.3) is 0 Å². The number of benzene rings is 1. The Hall–Kier alpha value is -0.220. The Morgan fingerprint density at radius 3 is 2.07 bits per heavy atom. The first-order chi connectivity index (χ1) is 13.2. The normalized spacial score (nSPS) is 10.9. The molecule has 0 aliphatic heterocycles. The van der Waals surface area contributed by atoms with Gasteiger partial charge in [0.05, 0.1) is 0 Å². The van der Waals surface area contributed by atoms with E-state index in [0.29, 0.717) is 5.95 Å². The van der Waals surface area contributed by atoms with Crippen LogP contribution in [-0.2, 0) is 6.42 Å². The third kappa shape index (κ3) is 9.69. The molecule has 9 heteroatoms. The molecule has 2 aromatic rings. The fraction of sp³-hybridized carbons (Fsp3) is 0.500. The number of aromatic nitrogens is 3. The topological polar surface area (TPSA) is 50.7 Å². The second-order valence-corrected chi connectivity index (χ2v) is 9.89. The summed E-state index contributed by atoms with van der Waals surface area (Å²) in [6.45, 7) is 2.96. The molecule has 27 heavy (non-hydrogen) atoms. The highest BCUT2D eigenvalue weighted by Gasteiger charge is 2.07. The van der Waals surface area contributed by atoms with Crippen molar-refractivity contribution in [3.63, 3.8) is 0 Å². The van der Waals surface area contributed by atoms with Crippen LogP contribution in [0, 0.1) is 6.92 Å². The highest BCUT2D eigenvalue weighted by Crippen LogP contribution is 2.20. The average molecular weight is 459 g/mol. The molecule has 4 nitrogen and oxygen atoms in total. The lowest BCUT2D eigenvalue weighted by Gasteiger charge is -2.08. The standard InChI is InChI=1S/C18H26N4S5/c1-14-2-4-15(5-3-14)6-10-25-11-7-19-16-20-17(26-12-8-23)22-18(21-16)27-13-9-24/h2-5,23-24H,6-13H2,1H3,(H,19,20,21,22). The van der Waals surface area contributed by atoms with Gasteiger partial charge in [-0.1, -0.05) is 53.4 Å². The molecule has 0 radical (unpaired) electrons. The Kier molecular flexibility index (Phi) is 11.8. The second kappa shape index (κ2) is 13.9. The summed E-state index contributed by atoms with van der Waals surface area (Å²) in [6.07, 6.45) is 1.10. The van der Waals surface area contributed by atoms with Gasteiger partial charge in [-0.15, -0.1) is 0 Å². The minimum absolute atomic E-state index is 0.660. The molecular formula is C18H26N4S5. The van der Waals surface area contributed by atoms with Crippen LogP contribution in [0.15, 0.2) is 34.6 Å². The predicted octanol–water partition coefficient (Wildman–Crippen LogP) is 4.61. The van der Waals surface area contributed by atoms with Gasteiger partial charge < -0.3 is 5.32 Å². The second-order valence-electron chi connectivity index (χ2n) is 5.64. The summed E-state index contributed by atoms with van der Waals surface area (Å²) in [4.78, 5) is 13.5. The molecule has 148 valence electrons. The number of nitrogens with one attached hydrogen (secondary N) is 1. The van der Waals surface area contributed by atoms with Crippen LogP contribution in [-0.4, -0.2) is 56.0 Å². The number of hydrogen-bond acceptors (Lipinski definition) is 9. The van der Waals surface area contributed by atoms with E-state index in [0.717, 1.165) is 57.8 Å². The van der Waals surface area contributed by atoms with E-state index in [4.69, 9.17) is 0 Å². The first-order valence-electron chi connectivity index (χ1n) is 8.82. The predicted molar refractivity (Wildman–Crippen MR) is 130 cm³/mol. The number of hydrogen-bond donors (Lipinski definition) is 3. The van der Waals surface area contributed by atoms with Crippen LogP contribution in [0.3, 0.4) is 0 Å². The van der Waals surface area contributed by atoms with E-state index in [-0.39, 0.29) is 0 Å². The van der Waals surface area contributed by atoms with Crippen molar-refractivity contribution in [1.82, 2.24) is 15.0 Å². The largest absolute Gasteiger partial charge is 0.353 e. The first-order valence-corrected chi connectivity index (χ1v) is 13.2. The van der Waals surface area contributed by atoms with E-state index >= 15 is 0 Å². The van der Waals surface area contributed by atoms with E-state index in [9.17, 15) is 0 Å². The molecule has 0 aliphatic rings. The SMILES string of the molecule is Cc1ccc(CCSCCNc2nc(SCCS)nc(SCCS)n2)cc1. The number of rotatable bonds is 13. The van der Waals surface area contributed by atoms with Crippen molar-refractivity contribution < 1.29 is 0 Å². The van der Waals surface area contributed by atoms with Gasteiger partial charge in [0.1, 0.15) is 0 Å². The van der Waals surface area contributed by atoms with E-state index in [2.05, 4.69) is 76.7 Å². The van der Waals surface area contributed by atoms with Crippen molar-refractivity contribution in [2.24, 2.45) is 0 Å². The fourth-order valence-corrected chi connectivity index (χ4v) is 4.69. The maximum atomic E-state index is 4.51. The molecule has 0 bridgehead atoms. The van der Waals surface area contributed by atoms with Gasteiger partial charge in [-0.25, -0.2) is 0 Å². The summed E-state index contributed by atoms with van der Waals surface area (Å²) >= 11 is 13.7. The van der Waals surface area contributed by atoms with Gasteiger partial charge in [0, 0.05) is 23.8 Å². The Morgan fingerprint density at radius 1 is 0.852 bits per heavy atom. The van der Waals surface area contributed by atoms with E-state index in [1.807, 2.05) is 11.8 Å². The lowest BCUT2D eigenvalue weighted by atomic mass is 10.1. The molecule has 0 saturated heterocycles. The number of aryl methyl sites for hydroxylation is 2. The molecule has 1 aromatic carbocycles. The van der Waals surface area contributed by atoms with Crippen molar-refractivity contribution >= 4 is 66.5 Å². The third-order valence-corrected chi connectivity index (χ3v) is 7.16. The Bertz CT molecular complexity index is 643. The summed E-state index contributed by atoms with van der Waals surface area (Å²) < 4.78 is 0. The Labute approximate surface area is 186 Å². The highest BCUT2D eigenvalue weighted by molar-refractivity contribution is 8.00. The fourth-order valence-electron chi connectivity index (χ4n) is 2.10. The Balaban J connectivity index is 1.75. The van der Waals surface area contributed by atoms with E-state index < -0.39 is 0 Å². The minimum Gasteiger partial charge on any atom is -0.353 e. The van der Waals surface area contributed by atoms with Crippen molar-refractivity contribution in [2.45, 2.75) is 23.7 Å². The van der Waals surface area contributed by atoms with Gasteiger partial charge in [-0.05, 0) is 36.2 Å². The third-order valence-electron chi connectivity index (χ3n) is 3.42. The zero-order valence-corrected chi connectivity index (χ0v) is 19.7. The summed E-state index contributed by atoms with van der Waals surface area (Å²) in [5, 5.41) is 4.86. The van der Waals surface area contributed by atoms with Gasteiger partial charge in [0.25, 0.3) is 0 Å². The summed E-state index contributed by atoms with van der Waals surface area (Å²) in [5.74, 6) is 6.18. The van der Waals surface area contributed by atoms with Crippen LogP contribution >= 0.6 is 60.5 Å². The maximum Gasteiger partial charge on any atom is 0.227 e. The molecule has 1 aromatic heterocycles. The smallest absolute Gasteiger partial charge is 0.227 e. The monoisotopic (exact) mass is 458 g/mol. The van der Waals surface area contributed by atoms with Crippen LogP contribution in [0.2, 0.25) is 0 Å². The molecule has 0 aliphatic carbocycles.